The number of ether oxygens (including phenoxy) is 1. The average Bonchev–Trinajstić information content (AvgIpc) is 2.77. The summed E-state index contributed by atoms with van der Waals surface area (Å²) < 4.78 is 5.42. The molecule has 4 rings (SSSR count). The van der Waals surface area contributed by atoms with Crippen LogP contribution in [0.15, 0.2) is 60.9 Å². The van der Waals surface area contributed by atoms with Crippen LogP contribution in [0, 0.1) is 0 Å². The Labute approximate surface area is 168 Å². The standard InChI is InChI=1S/C21H22N6O2/c22-19-20(26-25-18(28)13-29-16-9-2-1-3-10-16)23-14-24-21(19)27-12-6-8-15-7-4-5-11-17(15)27/h1-5,7,9-11,14H,6,8,12-13,22H2,(H,25,28)(H,23,24,26). The van der Waals surface area contributed by atoms with Gasteiger partial charge in [-0.15, -0.1) is 0 Å². The van der Waals surface area contributed by atoms with Gasteiger partial charge in [0.2, 0.25) is 0 Å². The molecule has 1 aromatic heterocycles. The summed E-state index contributed by atoms with van der Waals surface area (Å²) in [6, 6.07) is 17.3. The van der Waals surface area contributed by atoms with Gasteiger partial charge < -0.3 is 15.4 Å². The number of fused-ring (bicyclic) bond motifs is 1. The van der Waals surface area contributed by atoms with Gasteiger partial charge in [-0.2, -0.15) is 0 Å². The molecular weight excluding hydrogens is 368 g/mol. The first-order valence-electron chi connectivity index (χ1n) is 9.41. The predicted molar refractivity (Wildman–Crippen MR) is 112 cm³/mol. The molecule has 29 heavy (non-hydrogen) atoms. The van der Waals surface area contributed by atoms with E-state index in [1.54, 1.807) is 12.1 Å². The van der Waals surface area contributed by atoms with Gasteiger partial charge in [-0.05, 0) is 36.6 Å². The van der Waals surface area contributed by atoms with Crippen molar-refractivity contribution in [2.24, 2.45) is 0 Å². The summed E-state index contributed by atoms with van der Waals surface area (Å²) in [5.41, 5.74) is 14.4. The zero-order chi connectivity index (χ0) is 20.1. The Balaban J connectivity index is 1.43. The van der Waals surface area contributed by atoms with E-state index >= 15 is 0 Å². The number of hydrazine groups is 1. The molecule has 0 saturated carbocycles. The fourth-order valence-corrected chi connectivity index (χ4v) is 3.29. The number of nitrogens with two attached hydrogens (primary N) is 1. The molecule has 1 aliphatic rings. The lowest BCUT2D eigenvalue weighted by Gasteiger charge is -2.31. The summed E-state index contributed by atoms with van der Waals surface area (Å²) in [6.45, 7) is 0.684. The Bertz CT molecular complexity index is 995. The zero-order valence-corrected chi connectivity index (χ0v) is 15.8. The Morgan fingerprint density at radius 2 is 1.90 bits per heavy atom. The van der Waals surface area contributed by atoms with Crippen LogP contribution in [0.5, 0.6) is 5.75 Å². The maximum atomic E-state index is 12.1. The predicted octanol–water partition coefficient (Wildman–Crippen LogP) is 2.67. The highest BCUT2D eigenvalue weighted by Gasteiger charge is 2.22. The van der Waals surface area contributed by atoms with Gasteiger partial charge >= 0.3 is 0 Å². The molecule has 0 spiro atoms. The van der Waals surface area contributed by atoms with Crippen LogP contribution < -0.4 is 26.2 Å². The number of aromatic nitrogens is 2. The van der Waals surface area contributed by atoms with Crippen LogP contribution in [0.3, 0.4) is 0 Å². The molecule has 2 heterocycles. The van der Waals surface area contributed by atoms with Crippen molar-refractivity contribution in [1.82, 2.24) is 15.4 Å². The lowest BCUT2D eigenvalue weighted by molar-refractivity contribution is -0.122. The van der Waals surface area contributed by atoms with Gasteiger partial charge in [0.25, 0.3) is 5.91 Å². The molecule has 4 N–H and O–H groups in total. The third kappa shape index (κ3) is 4.21. The number of anilines is 4. The van der Waals surface area contributed by atoms with Crippen molar-refractivity contribution in [1.29, 1.82) is 0 Å². The van der Waals surface area contributed by atoms with Gasteiger partial charge in [0, 0.05) is 12.2 Å². The Morgan fingerprint density at radius 1 is 1.10 bits per heavy atom. The van der Waals surface area contributed by atoms with Crippen molar-refractivity contribution < 1.29 is 9.53 Å². The average molecular weight is 390 g/mol. The highest BCUT2D eigenvalue weighted by Crippen LogP contribution is 2.36. The number of amides is 1. The number of nitrogens with zero attached hydrogens (tertiary/aromatic N) is 3. The fourth-order valence-electron chi connectivity index (χ4n) is 3.29. The van der Waals surface area contributed by atoms with E-state index in [9.17, 15) is 4.79 Å². The van der Waals surface area contributed by atoms with Crippen LogP contribution in [-0.2, 0) is 11.2 Å². The lowest BCUT2D eigenvalue weighted by atomic mass is 10.0. The minimum Gasteiger partial charge on any atom is -0.484 e. The van der Waals surface area contributed by atoms with Crippen LogP contribution in [-0.4, -0.2) is 29.0 Å². The van der Waals surface area contributed by atoms with Crippen LogP contribution in [0.25, 0.3) is 0 Å². The van der Waals surface area contributed by atoms with Gasteiger partial charge in [0.05, 0.1) is 0 Å². The molecule has 0 fully saturated rings. The molecule has 8 nitrogen and oxygen atoms in total. The van der Waals surface area contributed by atoms with E-state index in [1.165, 1.54) is 11.9 Å². The van der Waals surface area contributed by atoms with Crippen LogP contribution in [0.2, 0.25) is 0 Å². The molecule has 0 bridgehead atoms. The molecule has 0 unspecified atom stereocenters. The summed E-state index contributed by atoms with van der Waals surface area (Å²) >= 11 is 0. The molecule has 0 aliphatic carbocycles. The molecule has 1 amide bonds. The summed E-state index contributed by atoms with van der Waals surface area (Å²) in [7, 11) is 0. The molecule has 8 heteroatoms. The van der Waals surface area contributed by atoms with Gasteiger partial charge in [-0.1, -0.05) is 36.4 Å². The fraction of sp³-hybridized carbons (Fsp3) is 0.190. The van der Waals surface area contributed by atoms with E-state index in [4.69, 9.17) is 10.5 Å². The number of hydrogen-bond donors (Lipinski definition) is 3. The highest BCUT2D eigenvalue weighted by atomic mass is 16.5. The maximum absolute atomic E-state index is 12.1. The molecule has 3 aromatic rings. The Hall–Kier alpha value is -3.81. The Morgan fingerprint density at radius 3 is 2.76 bits per heavy atom. The molecule has 2 aromatic carbocycles. The number of nitrogen functional groups attached to an aromatic ring is 1. The SMILES string of the molecule is Nc1c(NNC(=O)COc2ccccc2)ncnc1N1CCCc2ccccc21. The van der Waals surface area contributed by atoms with E-state index in [1.807, 2.05) is 30.3 Å². The minimum absolute atomic E-state index is 0.131. The zero-order valence-electron chi connectivity index (χ0n) is 15.8. The number of rotatable bonds is 6. The van der Waals surface area contributed by atoms with Crippen molar-refractivity contribution in [2.45, 2.75) is 12.8 Å². The van der Waals surface area contributed by atoms with Crippen LogP contribution in [0.1, 0.15) is 12.0 Å². The van der Waals surface area contributed by atoms with Gasteiger partial charge in [-0.25, -0.2) is 9.97 Å². The lowest BCUT2D eigenvalue weighted by Crippen LogP contribution is -2.34. The van der Waals surface area contributed by atoms with E-state index in [0.717, 1.165) is 25.1 Å². The second-order valence-electron chi connectivity index (χ2n) is 6.62. The van der Waals surface area contributed by atoms with Gasteiger partial charge in [0.1, 0.15) is 17.8 Å². The molecule has 0 radical (unpaired) electrons. The summed E-state index contributed by atoms with van der Waals surface area (Å²) in [4.78, 5) is 22.7. The number of para-hydroxylation sites is 2. The third-order valence-electron chi connectivity index (χ3n) is 4.66. The van der Waals surface area contributed by atoms with Crippen molar-refractivity contribution in [3.05, 3.63) is 66.5 Å². The number of carbonyl (C=O) groups excluding carboxylic acids is 1. The van der Waals surface area contributed by atoms with Crippen molar-refractivity contribution in [2.75, 3.05) is 29.2 Å². The molecule has 148 valence electrons. The normalized spacial score (nSPS) is 12.8. The molecule has 0 atom stereocenters. The van der Waals surface area contributed by atoms with Crippen LogP contribution in [0.4, 0.5) is 23.0 Å². The number of benzene rings is 2. The van der Waals surface area contributed by atoms with Crippen molar-refractivity contribution in [3.8, 4) is 5.75 Å². The van der Waals surface area contributed by atoms with E-state index in [0.29, 0.717) is 23.1 Å². The first-order chi connectivity index (χ1) is 14.2. The number of aryl methyl sites for hydroxylation is 1. The van der Waals surface area contributed by atoms with Gasteiger partial charge in [0.15, 0.2) is 18.2 Å². The second kappa shape index (κ2) is 8.47. The number of nitrogens with one attached hydrogen (secondary N) is 2. The first-order valence-corrected chi connectivity index (χ1v) is 9.41. The first kappa shape index (κ1) is 18.5. The van der Waals surface area contributed by atoms with E-state index in [-0.39, 0.29) is 12.5 Å². The topological polar surface area (TPSA) is 105 Å². The smallest absolute Gasteiger partial charge is 0.276 e. The molecule has 0 saturated heterocycles. The largest absolute Gasteiger partial charge is 0.484 e. The summed E-state index contributed by atoms with van der Waals surface area (Å²) in [6.07, 6.45) is 3.47. The Kier molecular flexibility index (Phi) is 5.42. The van der Waals surface area contributed by atoms with E-state index < -0.39 is 0 Å². The monoisotopic (exact) mass is 390 g/mol. The summed E-state index contributed by atoms with van der Waals surface area (Å²) in [5, 5.41) is 0. The summed E-state index contributed by atoms with van der Waals surface area (Å²) in [5.74, 6) is 1.22. The third-order valence-corrected chi connectivity index (χ3v) is 4.66. The van der Waals surface area contributed by atoms with Crippen LogP contribution >= 0.6 is 0 Å². The van der Waals surface area contributed by atoms with E-state index in [2.05, 4.69) is 37.9 Å². The highest BCUT2D eigenvalue weighted by molar-refractivity contribution is 5.83. The van der Waals surface area contributed by atoms with Crippen molar-refractivity contribution in [3.63, 3.8) is 0 Å². The quantitative estimate of drug-likeness (QED) is 0.556. The number of carbonyl (C=O) groups is 1. The second-order valence-corrected chi connectivity index (χ2v) is 6.62. The number of hydrogen-bond acceptors (Lipinski definition) is 7. The minimum atomic E-state index is -0.350. The molecular formula is C21H22N6O2. The molecule has 1 aliphatic heterocycles. The van der Waals surface area contributed by atoms with Crippen molar-refractivity contribution >= 4 is 28.9 Å². The van der Waals surface area contributed by atoms with Gasteiger partial charge in [-0.3, -0.25) is 15.6 Å². The maximum Gasteiger partial charge on any atom is 0.276 e.